The number of carbonyl (C=O) groups excluding carboxylic acids is 1. The lowest BCUT2D eigenvalue weighted by Gasteiger charge is -2.19. The molecule has 0 radical (unpaired) electrons. The van der Waals surface area contributed by atoms with Crippen molar-refractivity contribution in [2.75, 3.05) is 7.11 Å². The highest BCUT2D eigenvalue weighted by Gasteiger charge is 2.29. The van der Waals surface area contributed by atoms with Crippen molar-refractivity contribution in [2.24, 2.45) is 5.92 Å². The summed E-state index contributed by atoms with van der Waals surface area (Å²) in [7, 11) is -2.74. The standard InChI is InChI=1S/C19H18N2O5S/c1-11(2)18(19(22)25-3)21-27(23,24)13-5-7-16-15(9-13)14-6-4-12(10-20)8-17(14)26-16/h4-9,11,18,21H,1-3H3. The Morgan fingerprint density at radius 1 is 1.15 bits per heavy atom. The van der Waals surface area contributed by atoms with Gasteiger partial charge in [-0.3, -0.25) is 4.79 Å². The zero-order valence-corrected chi connectivity index (χ0v) is 15.8. The number of sulfonamides is 1. The van der Waals surface area contributed by atoms with Gasteiger partial charge in [-0.15, -0.1) is 0 Å². The fraction of sp³-hybridized carbons (Fsp3) is 0.263. The van der Waals surface area contributed by atoms with Crippen LogP contribution in [0.15, 0.2) is 45.7 Å². The maximum atomic E-state index is 12.8. The van der Waals surface area contributed by atoms with Crippen molar-refractivity contribution in [3.8, 4) is 6.07 Å². The molecule has 1 atom stereocenters. The van der Waals surface area contributed by atoms with E-state index in [1.165, 1.54) is 19.2 Å². The molecule has 0 amide bonds. The quantitative estimate of drug-likeness (QED) is 0.675. The lowest BCUT2D eigenvalue weighted by Crippen LogP contribution is -2.44. The molecule has 0 aliphatic rings. The predicted octanol–water partition coefficient (Wildman–Crippen LogP) is 2.93. The second-order valence-electron chi connectivity index (χ2n) is 6.45. The molecule has 0 bridgehead atoms. The molecule has 0 spiro atoms. The predicted molar refractivity (Wildman–Crippen MR) is 99.4 cm³/mol. The Labute approximate surface area is 156 Å². The number of nitrogens with zero attached hydrogens (tertiary/aromatic N) is 1. The van der Waals surface area contributed by atoms with Gasteiger partial charge in [0.15, 0.2) is 0 Å². The number of hydrogen-bond donors (Lipinski definition) is 1. The van der Waals surface area contributed by atoms with Crippen molar-refractivity contribution in [3.05, 3.63) is 42.0 Å². The van der Waals surface area contributed by atoms with Crippen LogP contribution in [0.2, 0.25) is 0 Å². The number of furan rings is 1. The van der Waals surface area contributed by atoms with Gasteiger partial charge in [0, 0.05) is 10.8 Å². The van der Waals surface area contributed by atoms with Crippen LogP contribution >= 0.6 is 0 Å². The first kappa shape index (κ1) is 18.9. The molecule has 1 aromatic heterocycles. The van der Waals surface area contributed by atoms with E-state index in [0.717, 1.165) is 0 Å². The molecule has 0 fully saturated rings. The van der Waals surface area contributed by atoms with Crippen LogP contribution in [-0.4, -0.2) is 27.5 Å². The van der Waals surface area contributed by atoms with Crippen molar-refractivity contribution >= 4 is 37.9 Å². The number of hydrogen-bond acceptors (Lipinski definition) is 6. The highest BCUT2D eigenvalue weighted by molar-refractivity contribution is 7.89. The average molecular weight is 386 g/mol. The van der Waals surface area contributed by atoms with Crippen LogP contribution in [0, 0.1) is 17.2 Å². The minimum absolute atomic E-state index is 0.0108. The van der Waals surface area contributed by atoms with E-state index in [-0.39, 0.29) is 10.8 Å². The highest BCUT2D eigenvalue weighted by Crippen LogP contribution is 2.31. The van der Waals surface area contributed by atoms with Gasteiger partial charge < -0.3 is 9.15 Å². The summed E-state index contributed by atoms with van der Waals surface area (Å²) in [5, 5.41) is 10.3. The number of methoxy groups -OCH3 is 1. The minimum atomic E-state index is -3.96. The third-order valence-electron chi connectivity index (χ3n) is 4.29. The Morgan fingerprint density at radius 2 is 1.89 bits per heavy atom. The first-order chi connectivity index (χ1) is 12.8. The molecule has 0 aliphatic heterocycles. The molecule has 0 aliphatic carbocycles. The Kier molecular flexibility index (Phi) is 4.91. The van der Waals surface area contributed by atoms with Crippen molar-refractivity contribution in [1.29, 1.82) is 5.26 Å². The molecule has 1 unspecified atom stereocenters. The van der Waals surface area contributed by atoms with Crippen LogP contribution in [0.4, 0.5) is 0 Å². The zero-order chi connectivity index (χ0) is 19.8. The Morgan fingerprint density at radius 3 is 2.52 bits per heavy atom. The summed E-state index contributed by atoms with van der Waals surface area (Å²) >= 11 is 0. The molecule has 1 heterocycles. The topological polar surface area (TPSA) is 109 Å². The molecule has 3 rings (SSSR count). The van der Waals surface area contributed by atoms with E-state index in [4.69, 9.17) is 9.68 Å². The molecule has 2 aromatic carbocycles. The number of nitriles is 1. The number of ether oxygens (including phenoxy) is 1. The third kappa shape index (κ3) is 3.52. The molecular formula is C19H18N2O5S. The van der Waals surface area contributed by atoms with Gasteiger partial charge in [-0.05, 0) is 42.3 Å². The number of nitrogens with one attached hydrogen (secondary N) is 1. The summed E-state index contributed by atoms with van der Waals surface area (Å²) in [6, 6.07) is 10.5. The first-order valence-corrected chi connectivity index (χ1v) is 9.71. The van der Waals surface area contributed by atoms with E-state index >= 15 is 0 Å². The van der Waals surface area contributed by atoms with Gasteiger partial charge in [0.05, 0.1) is 23.6 Å². The maximum Gasteiger partial charge on any atom is 0.324 e. The van der Waals surface area contributed by atoms with E-state index in [0.29, 0.717) is 27.5 Å². The highest BCUT2D eigenvalue weighted by atomic mass is 32.2. The van der Waals surface area contributed by atoms with Gasteiger partial charge in [0.1, 0.15) is 17.2 Å². The molecule has 140 valence electrons. The maximum absolute atomic E-state index is 12.8. The summed E-state index contributed by atoms with van der Waals surface area (Å²) in [5.74, 6) is -0.928. The Hall–Kier alpha value is -2.89. The molecule has 0 saturated heterocycles. The monoisotopic (exact) mass is 386 g/mol. The molecule has 1 N–H and O–H groups in total. The number of carbonyl (C=O) groups is 1. The average Bonchev–Trinajstić information content (AvgIpc) is 3.02. The van der Waals surface area contributed by atoms with E-state index in [9.17, 15) is 13.2 Å². The molecular weight excluding hydrogens is 368 g/mol. The van der Waals surface area contributed by atoms with Crippen LogP contribution < -0.4 is 4.72 Å². The van der Waals surface area contributed by atoms with Crippen LogP contribution in [0.1, 0.15) is 19.4 Å². The van der Waals surface area contributed by atoms with Crippen molar-refractivity contribution < 1.29 is 22.4 Å². The fourth-order valence-corrected chi connectivity index (χ4v) is 4.17. The van der Waals surface area contributed by atoms with E-state index in [1.807, 2.05) is 6.07 Å². The lowest BCUT2D eigenvalue weighted by atomic mass is 10.1. The number of rotatable bonds is 5. The molecule has 27 heavy (non-hydrogen) atoms. The number of benzene rings is 2. The van der Waals surface area contributed by atoms with Crippen molar-refractivity contribution in [2.45, 2.75) is 24.8 Å². The normalized spacial score (nSPS) is 13.0. The second-order valence-corrected chi connectivity index (χ2v) is 8.16. The SMILES string of the molecule is COC(=O)C(NS(=O)(=O)c1ccc2oc3cc(C#N)ccc3c2c1)C(C)C. The number of esters is 1. The smallest absolute Gasteiger partial charge is 0.324 e. The Balaban J connectivity index is 2.06. The number of fused-ring (bicyclic) bond motifs is 3. The van der Waals surface area contributed by atoms with Crippen LogP contribution in [-0.2, 0) is 19.6 Å². The van der Waals surface area contributed by atoms with Crippen LogP contribution in [0.25, 0.3) is 21.9 Å². The molecule has 0 saturated carbocycles. The fourth-order valence-electron chi connectivity index (χ4n) is 2.81. The van der Waals surface area contributed by atoms with Crippen molar-refractivity contribution in [3.63, 3.8) is 0 Å². The third-order valence-corrected chi connectivity index (χ3v) is 5.72. The van der Waals surface area contributed by atoms with E-state index in [2.05, 4.69) is 9.46 Å². The van der Waals surface area contributed by atoms with Gasteiger partial charge in [0.2, 0.25) is 10.0 Å². The largest absolute Gasteiger partial charge is 0.468 e. The zero-order valence-electron chi connectivity index (χ0n) is 15.0. The first-order valence-electron chi connectivity index (χ1n) is 8.23. The van der Waals surface area contributed by atoms with E-state index < -0.39 is 22.0 Å². The second kappa shape index (κ2) is 7.02. The summed E-state index contributed by atoms with van der Waals surface area (Å²) in [5.41, 5.74) is 1.46. The minimum Gasteiger partial charge on any atom is -0.468 e. The Bertz CT molecular complexity index is 1170. The van der Waals surface area contributed by atoms with Gasteiger partial charge in [-0.1, -0.05) is 13.8 Å². The summed E-state index contributed by atoms with van der Waals surface area (Å²) in [4.78, 5) is 11.9. The molecule has 7 nitrogen and oxygen atoms in total. The van der Waals surface area contributed by atoms with Gasteiger partial charge in [0.25, 0.3) is 0 Å². The summed E-state index contributed by atoms with van der Waals surface area (Å²) < 4.78 is 38.3. The van der Waals surface area contributed by atoms with Gasteiger partial charge in [-0.25, -0.2) is 8.42 Å². The van der Waals surface area contributed by atoms with Gasteiger partial charge in [-0.2, -0.15) is 9.98 Å². The van der Waals surface area contributed by atoms with Crippen molar-refractivity contribution in [1.82, 2.24) is 4.72 Å². The van der Waals surface area contributed by atoms with Crippen LogP contribution in [0.3, 0.4) is 0 Å². The summed E-state index contributed by atoms with van der Waals surface area (Å²) in [6.07, 6.45) is 0. The van der Waals surface area contributed by atoms with Crippen LogP contribution in [0.5, 0.6) is 0 Å². The lowest BCUT2D eigenvalue weighted by molar-refractivity contribution is -0.143. The molecule has 8 heteroatoms. The molecule has 3 aromatic rings. The summed E-state index contributed by atoms with van der Waals surface area (Å²) in [6.45, 7) is 3.45. The van der Waals surface area contributed by atoms with Gasteiger partial charge >= 0.3 is 5.97 Å². The van der Waals surface area contributed by atoms with E-state index in [1.54, 1.807) is 38.1 Å².